The highest BCUT2D eigenvalue weighted by atomic mass is 16.3. The Morgan fingerprint density at radius 2 is 2.04 bits per heavy atom. The highest BCUT2D eigenvalue weighted by Crippen LogP contribution is 2.31. The van der Waals surface area contributed by atoms with Gasteiger partial charge in [0.1, 0.15) is 0 Å². The maximum absolute atomic E-state index is 12.9. The molecule has 1 aliphatic heterocycles. The van der Waals surface area contributed by atoms with Gasteiger partial charge in [0.2, 0.25) is 5.95 Å². The number of aliphatic hydroxyl groups is 1. The van der Waals surface area contributed by atoms with Crippen LogP contribution in [0.4, 0.5) is 5.95 Å². The number of hydrogen-bond donors (Lipinski definition) is 1. The van der Waals surface area contributed by atoms with Crippen LogP contribution < -0.4 is 10.5 Å². The lowest BCUT2D eigenvalue weighted by Crippen LogP contribution is -2.43. The van der Waals surface area contributed by atoms with Crippen molar-refractivity contribution in [3.8, 4) is 0 Å². The summed E-state index contributed by atoms with van der Waals surface area (Å²) >= 11 is 0. The van der Waals surface area contributed by atoms with Gasteiger partial charge in [-0.3, -0.25) is 9.36 Å². The van der Waals surface area contributed by atoms with Crippen molar-refractivity contribution in [2.24, 2.45) is 12.5 Å². The maximum atomic E-state index is 12.9. The van der Waals surface area contributed by atoms with Gasteiger partial charge in [0.25, 0.3) is 5.56 Å². The van der Waals surface area contributed by atoms with Gasteiger partial charge in [-0.1, -0.05) is 19.9 Å². The fraction of sp³-hybridized carbons (Fsp3) is 0.579. The van der Waals surface area contributed by atoms with Crippen LogP contribution >= 0.6 is 0 Å². The minimum atomic E-state index is -0.655. The number of hydrogen-bond acceptors (Lipinski definition) is 4. The molecule has 0 bridgehead atoms. The van der Waals surface area contributed by atoms with Crippen LogP contribution in [0.25, 0.3) is 10.9 Å². The minimum absolute atomic E-state index is 0.0519. The first kappa shape index (κ1) is 17.0. The van der Waals surface area contributed by atoms with Crippen LogP contribution in [0, 0.1) is 12.3 Å². The average Bonchev–Trinajstić information content (AvgIpc) is 2.49. The van der Waals surface area contributed by atoms with Crippen LogP contribution in [0.2, 0.25) is 0 Å². The molecule has 5 nitrogen and oxygen atoms in total. The number of aryl methyl sites for hydroxylation is 1. The topological polar surface area (TPSA) is 58.4 Å². The van der Waals surface area contributed by atoms with Gasteiger partial charge in [-0.25, -0.2) is 4.98 Å². The van der Waals surface area contributed by atoms with Gasteiger partial charge in [-0.15, -0.1) is 0 Å². The van der Waals surface area contributed by atoms with E-state index in [9.17, 15) is 9.90 Å². The Morgan fingerprint density at radius 3 is 2.67 bits per heavy atom. The lowest BCUT2D eigenvalue weighted by molar-refractivity contribution is 0.200. The molecule has 2 aromatic rings. The van der Waals surface area contributed by atoms with Crippen molar-refractivity contribution < 1.29 is 5.11 Å². The van der Waals surface area contributed by atoms with Crippen LogP contribution in [0.5, 0.6) is 0 Å². The first-order chi connectivity index (χ1) is 11.2. The molecule has 0 spiro atoms. The van der Waals surface area contributed by atoms with Crippen molar-refractivity contribution in [3.05, 3.63) is 33.6 Å². The largest absolute Gasteiger partial charge is 0.389 e. The van der Waals surface area contributed by atoms with E-state index in [0.717, 1.165) is 30.6 Å². The molecule has 24 heavy (non-hydrogen) atoms. The highest BCUT2D eigenvalue weighted by Gasteiger charge is 2.29. The second kappa shape index (κ2) is 5.88. The number of aliphatic hydroxyl groups excluding tert-OH is 1. The summed E-state index contributed by atoms with van der Waals surface area (Å²) in [7, 11) is 1.79. The summed E-state index contributed by atoms with van der Waals surface area (Å²) in [4.78, 5) is 19.9. The van der Waals surface area contributed by atoms with Gasteiger partial charge in [-0.2, -0.15) is 0 Å². The van der Waals surface area contributed by atoms with E-state index in [-0.39, 0.29) is 11.0 Å². The molecule has 130 valence electrons. The zero-order valence-electron chi connectivity index (χ0n) is 15.3. The Labute approximate surface area is 142 Å². The zero-order valence-corrected chi connectivity index (χ0v) is 15.3. The van der Waals surface area contributed by atoms with Gasteiger partial charge >= 0.3 is 0 Å². The van der Waals surface area contributed by atoms with Crippen molar-refractivity contribution in [1.29, 1.82) is 0 Å². The molecule has 0 saturated carbocycles. The third-order valence-corrected chi connectivity index (χ3v) is 4.96. The summed E-state index contributed by atoms with van der Waals surface area (Å²) < 4.78 is 1.65. The maximum Gasteiger partial charge on any atom is 0.262 e. The number of aromatic nitrogens is 2. The van der Waals surface area contributed by atoms with E-state index < -0.39 is 6.10 Å². The first-order valence-electron chi connectivity index (χ1n) is 8.64. The standard InChI is InChI=1S/C19H27N3O2/c1-12-9-14(13(2)23)16-15(10-12)17(24)21(5)18(20-16)22-8-6-7-19(3,4)11-22/h9-10,13,23H,6-8,11H2,1-5H3. The second-order valence-corrected chi connectivity index (χ2v) is 7.89. The van der Waals surface area contributed by atoms with E-state index in [1.54, 1.807) is 18.5 Å². The highest BCUT2D eigenvalue weighted by molar-refractivity contribution is 5.83. The van der Waals surface area contributed by atoms with Crippen LogP contribution in [0.15, 0.2) is 16.9 Å². The fourth-order valence-electron chi connectivity index (χ4n) is 3.74. The molecule has 1 fully saturated rings. The molecule has 3 rings (SSSR count). The summed E-state index contributed by atoms with van der Waals surface area (Å²) in [6, 6.07) is 3.78. The minimum Gasteiger partial charge on any atom is -0.389 e. The van der Waals surface area contributed by atoms with Gasteiger partial charge in [0, 0.05) is 25.7 Å². The molecular formula is C19H27N3O2. The summed E-state index contributed by atoms with van der Waals surface area (Å²) in [6.45, 7) is 9.95. The summed E-state index contributed by atoms with van der Waals surface area (Å²) in [5, 5.41) is 10.7. The van der Waals surface area contributed by atoms with E-state index in [2.05, 4.69) is 18.7 Å². The number of piperidine rings is 1. The molecule has 0 amide bonds. The summed E-state index contributed by atoms with van der Waals surface area (Å²) in [6.07, 6.45) is 1.62. The Balaban J connectivity index is 2.23. The van der Waals surface area contributed by atoms with Gasteiger partial charge in [-0.05, 0) is 43.7 Å². The van der Waals surface area contributed by atoms with Crippen molar-refractivity contribution in [3.63, 3.8) is 0 Å². The number of fused-ring (bicyclic) bond motifs is 1. The smallest absolute Gasteiger partial charge is 0.262 e. The molecule has 1 aromatic heterocycles. The number of nitrogens with zero attached hydrogens (tertiary/aromatic N) is 3. The molecule has 1 N–H and O–H groups in total. The van der Waals surface area contributed by atoms with Crippen molar-refractivity contribution >= 4 is 16.9 Å². The van der Waals surface area contributed by atoms with Crippen LogP contribution in [0.3, 0.4) is 0 Å². The fourth-order valence-corrected chi connectivity index (χ4v) is 3.74. The van der Waals surface area contributed by atoms with E-state index in [1.807, 2.05) is 19.1 Å². The van der Waals surface area contributed by atoms with Gasteiger partial charge < -0.3 is 10.0 Å². The summed E-state index contributed by atoms with van der Waals surface area (Å²) in [5.74, 6) is 0.700. The Hall–Kier alpha value is -1.88. The van der Waals surface area contributed by atoms with Gasteiger partial charge in [0.15, 0.2) is 0 Å². The Kier molecular flexibility index (Phi) is 4.16. The van der Waals surface area contributed by atoms with E-state index in [0.29, 0.717) is 16.9 Å². The second-order valence-electron chi connectivity index (χ2n) is 7.89. The van der Waals surface area contributed by atoms with Gasteiger partial charge in [0.05, 0.1) is 17.0 Å². The molecule has 2 heterocycles. The third-order valence-electron chi connectivity index (χ3n) is 4.96. The van der Waals surface area contributed by atoms with Crippen LogP contribution in [-0.2, 0) is 7.05 Å². The molecule has 0 radical (unpaired) electrons. The lowest BCUT2D eigenvalue weighted by atomic mass is 9.84. The molecule has 1 aromatic carbocycles. The monoisotopic (exact) mass is 329 g/mol. The molecule has 5 heteroatoms. The number of anilines is 1. The average molecular weight is 329 g/mol. The molecule has 0 aliphatic carbocycles. The van der Waals surface area contributed by atoms with E-state index >= 15 is 0 Å². The molecule has 1 aliphatic rings. The van der Waals surface area contributed by atoms with Crippen molar-refractivity contribution in [2.75, 3.05) is 18.0 Å². The van der Waals surface area contributed by atoms with Crippen LogP contribution in [-0.4, -0.2) is 27.7 Å². The van der Waals surface area contributed by atoms with E-state index in [4.69, 9.17) is 4.98 Å². The van der Waals surface area contributed by atoms with Crippen LogP contribution in [0.1, 0.15) is 50.8 Å². The molecule has 1 unspecified atom stereocenters. The predicted molar refractivity (Wildman–Crippen MR) is 97.6 cm³/mol. The molecule has 1 atom stereocenters. The zero-order chi connectivity index (χ0) is 17.6. The Morgan fingerprint density at radius 1 is 1.33 bits per heavy atom. The lowest BCUT2D eigenvalue weighted by Gasteiger charge is -2.39. The SMILES string of the molecule is Cc1cc(C(C)O)c2nc(N3CCCC(C)(C)C3)n(C)c(=O)c2c1. The number of benzene rings is 1. The molecular weight excluding hydrogens is 302 g/mol. The summed E-state index contributed by atoms with van der Waals surface area (Å²) in [5.41, 5.74) is 2.47. The molecule has 1 saturated heterocycles. The van der Waals surface area contributed by atoms with E-state index in [1.165, 1.54) is 6.42 Å². The first-order valence-corrected chi connectivity index (χ1v) is 8.64. The third kappa shape index (κ3) is 2.93. The Bertz CT molecular complexity index is 837. The van der Waals surface area contributed by atoms with Crippen molar-refractivity contribution in [2.45, 2.75) is 46.6 Å². The van der Waals surface area contributed by atoms with Crippen molar-refractivity contribution in [1.82, 2.24) is 9.55 Å². The quantitative estimate of drug-likeness (QED) is 0.920. The normalized spacial score (nSPS) is 18.8. The predicted octanol–water partition coefficient (Wildman–Crippen LogP) is 2.92. The number of rotatable bonds is 2.